The highest BCUT2D eigenvalue weighted by atomic mass is 16.4. The van der Waals surface area contributed by atoms with Crippen molar-refractivity contribution in [1.29, 1.82) is 0 Å². The summed E-state index contributed by atoms with van der Waals surface area (Å²) in [4.78, 5) is 30.7. The van der Waals surface area contributed by atoms with Crippen LogP contribution in [0.4, 0.5) is 4.79 Å². The van der Waals surface area contributed by atoms with Gasteiger partial charge >= 0.3 is 12.0 Å². The number of pyridine rings is 1. The lowest BCUT2D eigenvalue weighted by Crippen LogP contribution is -2.47. The van der Waals surface area contributed by atoms with Crippen LogP contribution < -0.4 is 0 Å². The zero-order valence-electron chi connectivity index (χ0n) is 11.5. The molecule has 20 heavy (non-hydrogen) atoms. The molecule has 0 aromatic carbocycles. The molecule has 1 atom stereocenters. The predicted molar refractivity (Wildman–Crippen MR) is 73.1 cm³/mol. The lowest BCUT2D eigenvalue weighted by Gasteiger charge is -2.29. The molecule has 1 saturated heterocycles. The van der Waals surface area contributed by atoms with Gasteiger partial charge in [0.05, 0.1) is 0 Å². The van der Waals surface area contributed by atoms with E-state index in [2.05, 4.69) is 4.98 Å². The molecule has 6 nitrogen and oxygen atoms in total. The highest BCUT2D eigenvalue weighted by molar-refractivity contribution is 5.83. The second kappa shape index (κ2) is 6.36. The van der Waals surface area contributed by atoms with E-state index < -0.39 is 12.0 Å². The molecule has 0 saturated carbocycles. The number of carboxylic acid groups (broad SMARTS) is 1. The van der Waals surface area contributed by atoms with Crippen molar-refractivity contribution in [2.75, 3.05) is 13.1 Å². The first-order chi connectivity index (χ1) is 9.63. The molecule has 1 aromatic rings. The van der Waals surface area contributed by atoms with Crippen molar-refractivity contribution in [3.8, 4) is 0 Å². The van der Waals surface area contributed by atoms with E-state index in [1.165, 1.54) is 4.90 Å². The summed E-state index contributed by atoms with van der Waals surface area (Å²) in [6.45, 7) is 3.43. The number of nitrogens with zero attached hydrogens (tertiary/aromatic N) is 3. The van der Waals surface area contributed by atoms with E-state index in [-0.39, 0.29) is 6.03 Å². The number of rotatable bonds is 4. The molecule has 1 N–H and O–H groups in total. The van der Waals surface area contributed by atoms with Crippen LogP contribution in [0.3, 0.4) is 0 Å². The number of carbonyl (C=O) groups is 2. The van der Waals surface area contributed by atoms with E-state index >= 15 is 0 Å². The Morgan fingerprint density at radius 2 is 2.15 bits per heavy atom. The summed E-state index contributed by atoms with van der Waals surface area (Å²) < 4.78 is 0. The van der Waals surface area contributed by atoms with Gasteiger partial charge in [-0.25, -0.2) is 9.59 Å². The van der Waals surface area contributed by atoms with Crippen molar-refractivity contribution in [2.24, 2.45) is 0 Å². The summed E-state index contributed by atoms with van der Waals surface area (Å²) in [6.07, 6.45) is 4.65. The third-order valence-corrected chi connectivity index (χ3v) is 3.56. The minimum atomic E-state index is -0.921. The summed E-state index contributed by atoms with van der Waals surface area (Å²) >= 11 is 0. The maximum Gasteiger partial charge on any atom is 0.326 e. The number of carbonyl (C=O) groups excluding carboxylic acids is 1. The van der Waals surface area contributed by atoms with Crippen molar-refractivity contribution in [1.82, 2.24) is 14.8 Å². The number of likely N-dealkylation sites (tertiary alicyclic amines) is 1. The number of amides is 2. The van der Waals surface area contributed by atoms with E-state index in [1.807, 2.05) is 19.1 Å². The summed E-state index contributed by atoms with van der Waals surface area (Å²) in [5, 5.41) is 9.16. The molecule has 1 unspecified atom stereocenters. The van der Waals surface area contributed by atoms with Crippen molar-refractivity contribution in [3.63, 3.8) is 0 Å². The third-order valence-electron chi connectivity index (χ3n) is 3.56. The zero-order valence-corrected chi connectivity index (χ0v) is 11.5. The van der Waals surface area contributed by atoms with Gasteiger partial charge in [-0.2, -0.15) is 0 Å². The molecule has 0 radical (unpaired) electrons. The fourth-order valence-corrected chi connectivity index (χ4v) is 2.46. The molecule has 1 aliphatic rings. The van der Waals surface area contributed by atoms with E-state index in [0.29, 0.717) is 26.1 Å². The Morgan fingerprint density at radius 3 is 2.75 bits per heavy atom. The number of carboxylic acids is 1. The monoisotopic (exact) mass is 277 g/mol. The molecule has 1 aliphatic heterocycles. The van der Waals surface area contributed by atoms with Crippen LogP contribution in [0.15, 0.2) is 24.5 Å². The lowest BCUT2D eigenvalue weighted by atomic mass is 10.2. The SMILES string of the molecule is CCN(Cc1ccncc1)C(=O)N1CCCC1C(=O)O. The average Bonchev–Trinajstić information content (AvgIpc) is 2.94. The molecule has 2 rings (SSSR count). The first-order valence-electron chi connectivity index (χ1n) is 6.80. The van der Waals surface area contributed by atoms with Crippen molar-refractivity contribution < 1.29 is 14.7 Å². The van der Waals surface area contributed by atoms with Crippen LogP contribution in [-0.2, 0) is 11.3 Å². The van der Waals surface area contributed by atoms with E-state index in [4.69, 9.17) is 5.11 Å². The average molecular weight is 277 g/mol. The molecular formula is C14H19N3O3. The Labute approximate surface area is 118 Å². The topological polar surface area (TPSA) is 73.7 Å². The molecule has 1 aromatic heterocycles. The first-order valence-corrected chi connectivity index (χ1v) is 6.80. The maximum absolute atomic E-state index is 12.5. The predicted octanol–water partition coefficient (Wildman–Crippen LogP) is 1.57. The summed E-state index contributed by atoms with van der Waals surface area (Å²) in [5.74, 6) is -0.921. The Hall–Kier alpha value is -2.11. The maximum atomic E-state index is 12.5. The van der Waals surface area contributed by atoms with Crippen molar-refractivity contribution >= 4 is 12.0 Å². The Bertz CT molecular complexity index is 478. The van der Waals surface area contributed by atoms with Crippen LogP contribution in [0.25, 0.3) is 0 Å². The van der Waals surface area contributed by atoms with Crippen LogP contribution in [0.1, 0.15) is 25.3 Å². The van der Waals surface area contributed by atoms with Gasteiger partial charge in [0, 0.05) is 32.0 Å². The summed E-state index contributed by atoms with van der Waals surface area (Å²) in [6, 6.07) is 2.83. The van der Waals surface area contributed by atoms with Gasteiger partial charge in [-0.05, 0) is 37.5 Å². The molecule has 2 heterocycles. The second-order valence-corrected chi connectivity index (χ2v) is 4.84. The third kappa shape index (κ3) is 3.07. The van der Waals surface area contributed by atoms with Crippen LogP contribution in [0.5, 0.6) is 0 Å². The number of aromatic nitrogens is 1. The number of hydrogen-bond acceptors (Lipinski definition) is 3. The van der Waals surface area contributed by atoms with Gasteiger partial charge in [0.2, 0.25) is 0 Å². The summed E-state index contributed by atoms with van der Waals surface area (Å²) in [5.41, 5.74) is 0.987. The zero-order chi connectivity index (χ0) is 14.5. The molecule has 1 fully saturated rings. The minimum Gasteiger partial charge on any atom is -0.480 e. The van der Waals surface area contributed by atoms with Gasteiger partial charge in [0.1, 0.15) is 6.04 Å². The van der Waals surface area contributed by atoms with Crippen LogP contribution in [-0.4, -0.2) is 51.0 Å². The Balaban J connectivity index is 2.07. The smallest absolute Gasteiger partial charge is 0.326 e. The summed E-state index contributed by atoms with van der Waals surface area (Å²) in [7, 11) is 0. The fourth-order valence-electron chi connectivity index (χ4n) is 2.46. The Kier molecular flexibility index (Phi) is 4.55. The molecule has 2 amide bonds. The number of urea groups is 1. The molecule has 0 aliphatic carbocycles. The van der Waals surface area contributed by atoms with Crippen molar-refractivity contribution in [2.45, 2.75) is 32.4 Å². The van der Waals surface area contributed by atoms with Gasteiger partial charge in [-0.3, -0.25) is 4.98 Å². The molecule has 6 heteroatoms. The highest BCUT2D eigenvalue weighted by Crippen LogP contribution is 2.20. The molecule has 0 bridgehead atoms. The van der Waals surface area contributed by atoms with Crippen molar-refractivity contribution in [3.05, 3.63) is 30.1 Å². The lowest BCUT2D eigenvalue weighted by molar-refractivity contribution is -0.141. The van der Waals surface area contributed by atoms with Gasteiger partial charge in [-0.15, -0.1) is 0 Å². The molecular weight excluding hydrogens is 258 g/mol. The van der Waals surface area contributed by atoms with E-state index in [0.717, 1.165) is 12.0 Å². The first kappa shape index (κ1) is 14.3. The van der Waals surface area contributed by atoms with Crippen LogP contribution in [0, 0.1) is 0 Å². The van der Waals surface area contributed by atoms with Gasteiger partial charge in [0.15, 0.2) is 0 Å². The van der Waals surface area contributed by atoms with E-state index in [9.17, 15) is 9.59 Å². The molecule has 0 spiro atoms. The quantitative estimate of drug-likeness (QED) is 0.906. The number of aliphatic carboxylic acids is 1. The molecule has 108 valence electrons. The fraction of sp³-hybridized carbons (Fsp3) is 0.500. The van der Waals surface area contributed by atoms with Crippen LogP contribution in [0.2, 0.25) is 0 Å². The normalized spacial score (nSPS) is 18.1. The van der Waals surface area contributed by atoms with Gasteiger partial charge in [-0.1, -0.05) is 0 Å². The van der Waals surface area contributed by atoms with E-state index in [1.54, 1.807) is 17.3 Å². The number of hydrogen-bond donors (Lipinski definition) is 1. The largest absolute Gasteiger partial charge is 0.480 e. The Morgan fingerprint density at radius 1 is 1.45 bits per heavy atom. The second-order valence-electron chi connectivity index (χ2n) is 4.84. The minimum absolute atomic E-state index is 0.200. The standard InChI is InChI=1S/C14H19N3O3/c1-2-16(10-11-5-7-15-8-6-11)14(20)17-9-3-4-12(17)13(18)19/h5-8,12H,2-4,9-10H2,1H3,(H,18,19). The van der Waals surface area contributed by atoms with Crippen LogP contribution >= 0.6 is 0 Å². The van der Waals surface area contributed by atoms with Gasteiger partial charge in [0.25, 0.3) is 0 Å². The van der Waals surface area contributed by atoms with Gasteiger partial charge < -0.3 is 14.9 Å². The highest BCUT2D eigenvalue weighted by Gasteiger charge is 2.35.